The largest absolute Gasteiger partial charge is 0.265 e. The molecule has 0 fully saturated rings. The highest BCUT2D eigenvalue weighted by molar-refractivity contribution is 5.79. The van der Waals surface area contributed by atoms with E-state index in [2.05, 4.69) is 30.5 Å². The number of nitrogens with one attached hydrogen (secondary N) is 1. The summed E-state index contributed by atoms with van der Waals surface area (Å²) in [7, 11) is 0. The van der Waals surface area contributed by atoms with Crippen LogP contribution < -0.4 is 5.43 Å². The van der Waals surface area contributed by atoms with Crippen molar-refractivity contribution in [3.05, 3.63) is 41.7 Å². The van der Waals surface area contributed by atoms with Crippen LogP contribution >= 0.6 is 0 Å². The highest BCUT2D eigenvalue weighted by Crippen LogP contribution is 1.99. The molecule has 0 aliphatic heterocycles. The van der Waals surface area contributed by atoms with Crippen LogP contribution in [-0.4, -0.2) is 26.2 Å². The number of aryl methyl sites for hydroxylation is 2. The molecular formula is C11H12N6. The van der Waals surface area contributed by atoms with Crippen molar-refractivity contribution in [1.29, 1.82) is 0 Å². The van der Waals surface area contributed by atoms with Crippen molar-refractivity contribution in [3.8, 4) is 0 Å². The fourth-order valence-corrected chi connectivity index (χ4v) is 1.28. The van der Waals surface area contributed by atoms with Gasteiger partial charge in [-0.2, -0.15) is 15.1 Å². The van der Waals surface area contributed by atoms with Gasteiger partial charge in [0, 0.05) is 12.4 Å². The molecule has 0 unspecified atom stereocenters. The van der Waals surface area contributed by atoms with E-state index in [1.807, 2.05) is 26.0 Å². The number of rotatable bonds is 3. The standard InChI is InChI=1S/C11H12N6/c1-8-14-9(2)16-11(15-8)17-13-7-10-3-5-12-6-4-10/h3-7H,1-2H3,(H,14,15,16,17)/b13-7+. The van der Waals surface area contributed by atoms with Crippen LogP contribution in [0, 0.1) is 13.8 Å². The van der Waals surface area contributed by atoms with Crippen LogP contribution in [0.3, 0.4) is 0 Å². The second-order valence-electron chi connectivity index (χ2n) is 3.40. The summed E-state index contributed by atoms with van der Waals surface area (Å²) in [5.41, 5.74) is 3.72. The van der Waals surface area contributed by atoms with E-state index in [-0.39, 0.29) is 0 Å². The van der Waals surface area contributed by atoms with E-state index < -0.39 is 0 Å². The summed E-state index contributed by atoms with van der Waals surface area (Å²) in [6.45, 7) is 3.62. The van der Waals surface area contributed by atoms with Crippen molar-refractivity contribution in [2.75, 3.05) is 5.43 Å². The lowest BCUT2D eigenvalue weighted by Crippen LogP contribution is -2.02. The van der Waals surface area contributed by atoms with Crippen LogP contribution in [0.1, 0.15) is 17.2 Å². The molecular weight excluding hydrogens is 216 g/mol. The topological polar surface area (TPSA) is 76.0 Å². The van der Waals surface area contributed by atoms with Crippen LogP contribution in [0.25, 0.3) is 0 Å². The Hall–Kier alpha value is -2.37. The predicted molar refractivity (Wildman–Crippen MR) is 64.8 cm³/mol. The summed E-state index contributed by atoms with van der Waals surface area (Å²) < 4.78 is 0. The Morgan fingerprint density at radius 2 is 1.71 bits per heavy atom. The second-order valence-corrected chi connectivity index (χ2v) is 3.40. The van der Waals surface area contributed by atoms with Crippen molar-refractivity contribution in [1.82, 2.24) is 19.9 Å². The third-order valence-electron chi connectivity index (χ3n) is 1.94. The number of nitrogens with zero attached hydrogens (tertiary/aromatic N) is 5. The third kappa shape index (κ3) is 3.30. The molecule has 0 atom stereocenters. The minimum atomic E-state index is 0.445. The van der Waals surface area contributed by atoms with Gasteiger partial charge in [0.1, 0.15) is 11.6 Å². The first kappa shape index (κ1) is 11.1. The molecule has 1 N–H and O–H groups in total. The molecule has 2 rings (SSSR count). The molecule has 86 valence electrons. The van der Waals surface area contributed by atoms with Gasteiger partial charge >= 0.3 is 0 Å². The van der Waals surface area contributed by atoms with Gasteiger partial charge in [0.2, 0.25) is 5.95 Å². The number of pyridine rings is 1. The van der Waals surface area contributed by atoms with Gasteiger partial charge in [-0.15, -0.1) is 0 Å². The first-order valence-corrected chi connectivity index (χ1v) is 5.12. The number of anilines is 1. The molecule has 0 aliphatic carbocycles. The van der Waals surface area contributed by atoms with Gasteiger partial charge in [0.25, 0.3) is 0 Å². The van der Waals surface area contributed by atoms with Gasteiger partial charge in [-0.25, -0.2) is 10.4 Å². The van der Waals surface area contributed by atoms with Crippen LogP contribution in [0.2, 0.25) is 0 Å². The Kier molecular flexibility index (Phi) is 3.34. The summed E-state index contributed by atoms with van der Waals surface area (Å²) in [6, 6.07) is 3.71. The lowest BCUT2D eigenvalue weighted by molar-refractivity contribution is 0.918. The lowest BCUT2D eigenvalue weighted by atomic mass is 10.3. The van der Waals surface area contributed by atoms with E-state index in [4.69, 9.17) is 0 Å². The zero-order valence-electron chi connectivity index (χ0n) is 9.62. The van der Waals surface area contributed by atoms with Gasteiger partial charge in [0.05, 0.1) is 6.21 Å². The van der Waals surface area contributed by atoms with E-state index in [1.165, 1.54) is 0 Å². The molecule has 0 radical (unpaired) electrons. The molecule has 2 aromatic rings. The van der Waals surface area contributed by atoms with E-state index in [0.29, 0.717) is 17.6 Å². The number of aromatic nitrogens is 4. The molecule has 0 saturated carbocycles. The van der Waals surface area contributed by atoms with E-state index in [1.54, 1.807) is 18.6 Å². The maximum absolute atomic E-state index is 4.11. The monoisotopic (exact) mass is 228 g/mol. The van der Waals surface area contributed by atoms with Crippen LogP contribution in [-0.2, 0) is 0 Å². The van der Waals surface area contributed by atoms with Crippen molar-refractivity contribution in [2.24, 2.45) is 5.10 Å². The average molecular weight is 228 g/mol. The Labute approximate surface area is 98.9 Å². The fraction of sp³-hybridized carbons (Fsp3) is 0.182. The summed E-state index contributed by atoms with van der Waals surface area (Å²) in [5.74, 6) is 1.78. The average Bonchev–Trinajstić information content (AvgIpc) is 2.29. The highest BCUT2D eigenvalue weighted by atomic mass is 15.4. The molecule has 0 bridgehead atoms. The number of hydrogen-bond acceptors (Lipinski definition) is 6. The molecule has 2 aromatic heterocycles. The molecule has 0 saturated heterocycles. The van der Waals surface area contributed by atoms with E-state index >= 15 is 0 Å². The van der Waals surface area contributed by atoms with Gasteiger partial charge in [-0.05, 0) is 31.5 Å². The third-order valence-corrected chi connectivity index (χ3v) is 1.94. The quantitative estimate of drug-likeness (QED) is 0.633. The first-order valence-electron chi connectivity index (χ1n) is 5.12. The van der Waals surface area contributed by atoms with Gasteiger partial charge in [0.15, 0.2) is 0 Å². The normalized spacial score (nSPS) is 10.7. The minimum Gasteiger partial charge on any atom is -0.265 e. The SMILES string of the molecule is Cc1nc(C)nc(N/N=C/c2ccncc2)n1. The van der Waals surface area contributed by atoms with Gasteiger partial charge in [-0.3, -0.25) is 4.98 Å². The van der Waals surface area contributed by atoms with Crippen molar-refractivity contribution in [3.63, 3.8) is 0 Å². The molecule has 0 aromatic carbocycles. The zero-order chi connectivity index (χ0) is 12.1. The summed E-state index contributed by atoms with van der Waals surface area (Å²) >= 11 is 0. The number of hydrogen-bond donors (Lipinski definition) is 1. The summed E-state index contributed by atoms with van der Waals surface area (Å²) in [5, 5.41) is 4.04. The Morgan fingerprint density at radius 3 is 2.35 bits per heavy atom. The van der Waals surface area contributed by atoms with Crippen LogP contribution in [0.4, 0.5) is 5.95 Å². The van der Waals surface area contributed by atoms with Crippen LogP contribution in [0.5, 0.6) is 0 Å². The van der Waals surface area contributed by atoms with E-state index in [0.717, 1.165) is 5.56 Å². The maximum atomic E-state index is 4.11. The highest BCUT2D eigenvalue weighted by Gasteiger charge is 1.97. The molecule has 6 heteroatoms. The van der Waals surface area contributed by atoms with Crippen molar-refractivity contribution < 1.29 is 0 Å². The van der Waals surface area contributed by atoms with Crippen molar-refractivity contribution >= 4 is 12.2 Å². The molecule has 0 amide bonds. The summed E-state index contributed by atoms with van der Waals surface area (Å²) in [4.78, 5) is 16.2. The van der Waals surface area contributed by atoms with Crippen molar-refractivity contribution in [2.45, 2.75) is 13.8 Å². The molecule has 0 aliphatic rings. The molecule has 17 heavy (non-hydrogen) atoms. The molecule has 6 nitrogen and oxygen atoms in total. The maximum Gasteiger partial charge on any atom is 0.247 e. The zero-order valence-corrected chi connectivity index (χ0v) is 9.62. The fourth-order valence-electron chi connectivity index (χ4n) is 1.28. The smallest absolute Gasteiger partial charge is 0.247 e. The lowest BCUT2D eigenvalue weighted by Gasteiger charge is -2.00. The minimum absolute atomic E-state index is 0.445. The molecule has 0 spiro atoms. The van der Waals surface area contributed by atoms with Gasteiger partial charge in [-0.1, -0.05) is 0 Å². The van der Waals surface area contributed by atoms with Gasteiger partial charge < -0.3 is 0 Å². The Balaban J connectivity index is 2.05. The van der Waals surface area contributed by atoms with Crippen LogP contribution in [0.15, 0.2) is 29.6 Å². The summed E-state index contributed by atoms with van der Waals surface area (Å²) in [6.07, 6.45) is 5.09. The molecule has 2 heterocycles. The second kappa shape index (κ2) is 5.11. The Bertz CT molecular complexity index is 502. The number of hydrazone groups is 1. The van der Waals surface area contributed by atoms with E-state index in [9.17, 15) is 0 Å². The Morgan fingerprint density at radius 1 is 1.06 bits per heavy atom. The predicted octanol–water partition coefficient (Wildman–Crippen LogP) is 1.33. The first-order chi connectivity index (χ1) is 8.24.